The molecule has 0 amide bonds. The van der Waals surface area contributed by atoms with Crippen molar-refractivity contribution in [1.29, 1.82) is 0 Å². The van der Waals surface area contributed by atoms with Gasteiger partial charge in [-0.2, -0.15) is 0 Å². The molecule has 1 heterocycles. The highest BCUT2D eigenvalue weighted by atomic mass is 35.5. The Morgan fingerprint density at radius 3 is 2.78 bits per heavy atom. The Labute approximate surface area is 112 Å². The molecule has 1 aliphatic heterocycles. The summed E-state index contributed by atoms with van der Waals surface area (Å²) in [4.78, 5) is 0. The van der Waals surface area contributed by atoms with Crippen LogP contribution in [0.1, 0.15) is 43.8 Å². The topological polar surface area (TPSA) is 38.7 Å². The summed E-state index contributed by atoms with van der Waals surface area (Å²) in [7, 11) is 0. The van der Waals surface area contributed by atoms with Crippen LogP contribution in [-0.2, 0) is 4.74 Å². The van der Waals surface area contributed by atoms with E-state index in [0.717, 1.165) is 37.0 Å². The Kier molecular flexibility index (Phi) is 3.22. The van der Waals surface area contributed by atoms with Gasteiger partial charge in [-0.05, 0) is 31.0 Å². The van der Waals surface area contributed by atoms with Gasteiger partial charge in [-0.15, -0.1) is 0 Å². The maximum Gasteiger partial charge on any atom is 0.211 e. The molecule has 0 radical (unpaired) electrons. The van der Waals surface area contributed by atoms with Gasteiger partial charge >= 0.3 is 0 Å². The molecule has 1 fully saturated rings. The zero-order valence-corrected chi connectivity index (χ0v) is 10.9. The van der Waals surface area contributed by atoms with Crippen LogP contribution in [-0.4, -0.2) is 17.5 Å². The van der Waals surface area contributed by atoms with Crippen LogP contribution in [0, 0.1) is 0 Å². The molecule has 1 aromatic rings. The molecule has 3 rings (SSSR count). The summed E-state index contributed by atoms with van der Waals surface area (Å²) in [6, 6.07) is 5.50. The van der Waals surface area contributed by atoms with E-state index in [1.165, 1.54) is 6.42 Å². The largest absolute Gasteiger partial charge is 0.462 e. The lowest BCUT2D eigenvalue weighted by molar-refractivity contribution is -0.250. The molecule has 1 atom stereocenters. The SMILES string of the molecule is OCC1OC2(CCCCC2)Oc2ccc(Cl)cc21. The van der Waals surface area contributed by atoms with E-state index in [4.69, 9.17) is 21.1 Å². The molecule has 1 unspecified atom stereocenters. The monoisotopic (exact) mass is 268 g/mol. The summed E-state index contributed by atoms with van der Waals surface area (Å²) in [6.07, 6.45) is 4.91. The quantitative estimate of drug-likeness (QED) is 0.848. The molecule has 0 aromatic heterocycles. The van der Waals surface area contributed by atoms with Crippen LogP contribution in [0.15, 0.2) is 18.2 Å². The van der Waals surface area contributed by atoms with Crippen LogP contribution < -0.4 is 4.74 Å². The normalized spacial score (nSPS) is 25.6. The Morgan fingerprint density at radius 1 is 1.28 bits per heavy atom. The van der Waals surface area contributed by atoms with E-state index in [1.807, 2.05) is 18.2 Å². The van der Waals surface area contributed by atoms with Gasteiger partial charge in [0.25, 0.3) is 0 Å². The maximum absolute atomic E-state index is 9.52. The van der Waals surface area contributed by atoms with Crippen molar-refractivity contribution in [3.05, 3.63) is 28.8 Å². The molecule has 1 aliphatic carbocycles. The summed E-state index contributed by atoms with van der Waals surface area (Å²) in [5, 5.41) is 10.2. The van der Waals surface area contributed by atoms with E-state index >= 15 is 0 Å². The maximum atomic E-state index is 9.52. The summed E-state index contributed by atoms with van der Waals surface area (Å²) in [5.41, 5.74) is 0.848. The minimum atomic E-state index is -0.535. The third kappa shape index (κ3) is 2.11. The lowest BCUT2D eigenvalue weighted by Crippen LogP contribution is -2.45. The Hall–Kier alpha value is -0.770. The third-order valence-electron chi connectivity index (χ3n) is 3.75. The second kappa shape index (κ2) is 4.72. The first-order chi connectivity index (χ1) is 8.72. The summed E-state index contributed by atoms with van der Waals surface area (Å²) in [6.45, 7) is -0.0432. The van der Waals surface area contributed by atoms with Gasteiger partial charge in [0.05, 0.1) is 6.61 Å². The first kappa shape index (κ1) is 12.3. The van der Waals surface area contributed by atoms with Crippen molar-refractivity contribution in [1.82, 2.24) is 0 Å². The fourth-order valence-corrected chi connectivity index (χ4v) is 3.04. The van der Waals surface area contributed by atoms with Crippen molar-refractivity contribution >= 4 is 11.6 Å². The fourth-order valence-electron chi connectivity index (χ4n) is 2.86. The Morgan fingerprint density at radius 2 is 2.06 bits per heavy atom. The summed E-state index contributed by atoms with van der Waals surface area (Å²) in [5.74, 6) is 0.263. The fraction of sp³-hybridized carbons (Fsp3) is 0.571. The minimum Gasteiger partial charge on any atom is -0.462 e. The first-order valence-corrected chi connectivity index (χ1v) is 6.87. The molecule has 1 N–H and O–H groups in total. The molecular weight excluding hydrogens is 252 g/mol. The minimum absolute atomic E-state index is 0.0432. The molecular formula is C14H17ClO3. The molecule has 0 saturated heterocycles. The predicted molar refractivity (Wildman–Crippen MR) is 68.8 cm³/mol. The van der Waals surface area contributed by atoms with Crippen LogP contribution in [0.5, 0.6) is 5.75 Å². The molecule has 1 saturated carbocycles. The highest BCUT2D eigenvalue weighted by molar-refractivity contribution is 6.30. The second-order valence-corrected chi connectivity index (χ2v) is 5.48. The van der Waals surface area contributed by atoms with Gasteiger partial charge in [-0.25, -0.2) is 0 Å². The highest BCUT2D eigenvalue weighted by Gasteiger charge is 2.42. The predicted octanol–water partition coefficient (Wildman–Crippen LogP) is 3.44. The number of hydrogen-bond donors (Lipinski definition) is 1. The molecule has 4 heteroatoms. The third-order valence-corrected chi connectivity index (χ3v) is 3.99. The van der Waals surface area contributed by atoms with Crippen molar-refractivity contribution in [3.8, 4) is 5.75 Å². The molecule has 0 bridgehead atoms. The lowest BCUT2D eigenvalue weighted by Gasteiger charge is -2.44. The average molecular weight is 269 g/mol. The van der Waals surface area contributed by atoms with Crippen molar-refractivity contribution in [2.24, 2.45) is 0 Å². The molecule has 3 nitrogen and oxygen atoms in total. The molecule has 1 aromatic carbocycles. The van der Waals surface area contributed by atoms with E-state index in [2.05, 4.69) is 0 Å². The van der Waals surface area contributed by atoms with Gasteiger partial charge in [0.2, 0.25) is 5.79 Å². The lowest BCUT2D eigenvalue weighted by atomic mass is 9.92. The summed E-state index contributed by atoms with van der Waals surface area (Å²) < 4.78 is 12.1. The highest BCUT2D eigenvalue weighted by Crippen LogP contribution is 2.45. The van der Waals surface area contributed by atoms with Crippen molar-refractivity contribution in [3.63, 3.8) is 0 Å². The first-order valence-electron chi connectivity index (χ1n) is 6.50. The van der Waals surface area contributed by atoms with E-state index in [-0.39, 0.29) is 12.7 Å². The molecule has 98 valence electrons. The number of rotatable bonds is 1. The number of benzene rings is 1. The van der Waals surface area contributed by atoms with Gasteiger partial charge in [0.1, 0.15) is 11.9 Å². The van der Waals surface area contributed by atoms with Crippen LogP contribution in [0.2, 0.25) is 5.02 Å². The summed E-state index contributed by atoms with van der Waals surface area (Å²) >= 11 is 5.98. The number of ether oxygens (including phenoxy) is 2. The number of fused-ring (bicyclic) bond motifs is 1. The van der Waals surface area contributed by atoms with E-state index in [1.54, 1.807) is 0 Å². The number of aliphatic hydroxyl groups excluding tert-OH is 1. The number of hydrogen-bond acceptors (Lipinski definition) is 3. The zero-order chi connectivity index (χ0) is 12.6. The van der Waals surface area contributed by atoms with E-state index < -0.39 is 5.79 Å². The van der Waals surface area contributed by atoms with Crippen molar-refractivity contribution < 1.29 is 14.6 Å². The molecule has 2 aliphatic rings. The van der Waals surface area contributed by atoms with Crippen LogP contribution in [0.4, 0.5) is 0 Å². The standard InChI is InChI=1S/C14H17ClO3/c15-10-4-5-12-11(8-10)13(9-16)18-14(17-12)6-2-1-3-7-14/h4-5,8,13,16H,1-3,6-7,9H2. The van der Waals surface area contributed by atoms with Gasteiger partial charge in [-0.3, -0.25) is 0 Å². The van der Waals surface area contributed by atoms with Gasteiger partial charge in [0, 0.05) is 23.4 Å². The number of aliphatic hydroxyl groups is 1. The number of halogens is 1. The van der Waals surface area contributed by atoms with Gasteiger partial charge in [-0.1, -0.05) is 18.0 Å². The molecule has 1 spiro atoms. The van der Waals surface area contributed by atoms with Crippen molar-refractivity contribution in [2.75, 3.05) is 6.61 Å². The molecule has 18 heavy (non-hydrogen) atoms. The van der Waals surface area contributed by atoms with E-state index in [9.17, 15) is 5.11 Å². The second-order valence-electron chi connectivity index (χ2n) is 5.04. The smallest absolute Gasteiger partial charge is 0.211 e. The average Bonchev–Trinajstić information content (AvgIpc) is 2.39. The van der Waals surface area contributed by atoms with Gasteiger partial charge in [0.15, 0.2) is 0 Å². The van der Waals surface area contributed by atoms with Gasteiger partial charge < -0.3 is 14.6 Å². The Bertz CT molecular complexity index is 441. The Balaban J connectivity index is 1.96. The van der Waals surface area contributed by atoms with Crippen LogP contribution >= 0.6 is 11.6 Å². The zero-order valence-electron chi connectivity index (χ0n) is 10.2. The van der Waals surface area contributed by atoms with Crippen molar-refractivity contribution in [2.45, 2.75) is 44.0 Å². The van der Waals surface area contributed by atoms with Crippen LogP contribution in [0.25, 0.3) is 0 Å². The van der Waals surface area contributed by atoms with Crippen LogP contribution in [0.3, 0.4) is 0 Å². The van der Waals surface area contributed by atoms with E-state index in [0.29, 0.717) is 5.02 Å².